The van der Waals surface area contributed by atoms with Gasteiger partial charge in [0.1, 0.15) is 0 Å². The maximum absolute atomic E-state index is 10.2. The van der Waals surface area contributed by atoms with Crippen molar-refractivity contribution in [2.24, 2.45) is 79.7 Å². The standard InChI is InChI=1S/C23H40N2O2S.C20H35NO2.C4H8O.C3H5NS/c1-5-24-21(28)25-13-18-19-7-6-15(2)22(19,3)11-9-20(18)23(4)10-8-17(27)12-16(23)14-26;1-13-4-5-17-16(11-21)18(7-9-19(13,17)2)20(3)8-6-15(23)10-14(20)12-22;1-2-4-5-3-1;1-2-4-3-5/h16-20,26-27H,2,5-14H2,1,3-4H3,(H2,24,25,28);14-18,22-23H,1,4-12,21H2,2-3H3;1-4H2;2H2,1H3/t16-,17+,18+,19+,20+,22-,23+;14-,15+,16+,17+,18+,19-,20+;;/m11../s1. The first kappa shape index (κ1) is 52.4. The minimum atomic E-state index is -0.261. The van der Waals surface area contributed by atoms with Crippen LogP contribution in [0.4, 0.5) is 0 Å². The first-order valence-corrected chi connectivity index (χ1v) is 25.1. The minimum absolute atomic E-state index is 0.0748. The molecule has 7 rings (SSSR count). The van der Waals surface area contributed by atoms with Gasteiger partial charge in [0.05, 0.1) is 17.4 Å². The molecule has 1 saturated heterocycles. The van der Waals surface area contributed by atoms with Crippen LogP contribution in [0.1, 0.15) is 144 Å². The third-order valence-corrected chi connectivity index (χ3v) is 18.5. The van der Waals surface area contributed by atoms with Crippen molar-refractivity contribution in [2.45, 2.75) is 156 Å². The van der Waals surface area contributed by atoms with Gasteiger partial charge in [-0.1, -0.05) is 52.0 Å². The predicted molar refractivity (Wildman–Crippen MR) is 258 cm³/mol. The van der Waals surface area contributed by atoms with E-state index in [0.717, 1.165) is 95.9 Å². The van der Waals surface area contributed by atoms with Crippen LogP contribution in [0.3, 0.4) is 0 Å². The monoisotopic (exact) mass is 889 g/mol. The number of allylic oxidation sites excluding steroid dienone is 2. The van der Waals surface area contributed by atoms with E-state index < -0.39 is 0 Å². The third kappa shape index (κ3) is 12.0. The zero-order chi connectivity index (χ0) is 45.0. The number of aliphatic hydroxyl groups excluding tert-OH is 4. The third-order valence-electron chi connectivity index (χ3n) is 18.1. The molecule has 11 heteroatoms. The smallest absolute Gasteiger partial charge is 0.166 e. The van der Waals surface area contributed by atoms with Crippen LogP contribution in [0, 0.1) is 69.0 Å². The number of nitrogens with two attached hydrogens (primary N) is 1. The Hall–Kier alpha value is -1.27. The Bertz CT molecular complexity index is 1470. The van der Waals surface area contributed by atoms with Crippen LogP contribution < -0.4 is 16.4 Å². The van der Waals surface area contributed by atoms with E-state index in [0.29, 0.717) is 35.5 Å². The van der Waals surface area contributed by atoms with E-state index in [1.54, 1.807) is 0 Å². The van der Waals surface area contributed by atoms with E-state index in [4.69, 9.17) is 22.7 Å². The van der Waals surface area contributed by atoms with Gasteiger partial charge in [-0.2, -0.15) is 0 Å². The number of hydrogen-bond acceptors (Lipinski definition) is 9. The molecule has 7 fully saturated rings. The van der Waals surface area contributed by atoms with Crippen molar-refractivity contribution in [1.29, 1.82) is 0 Å². The Balaban J connectivity index is 0.000000221. The lowest BCUT2D eigenvalue weighted by atomic mass is 9.49. The second kappa shape index (κ2) is 23.8. The van der Waals surface area contributed by atoms with E-state index in [1.165, 1.54) is 62.5 Å². The average Bonchev–Trinajstić information content (AvgIpc) is 4.00. The van der Waals surface area contributed by atoms with Crippen molar-refractivity contribution >= 4 is 34.7 Å². The van der Waals surface area contributed by atoms with Gasteiger partial charge >= 0.3 is 0 Å². The maximum Gasteiger partial charge on any atom is 0.166 e. The molecule has 0 aromatic heterocycles. The number of rotatable bonds is 9. The topological polar surface area (TPSA) is 153 Å². The van der Waals surface area contributed by atoms with Crippen molar-refractivity contribution in [3.63, 3.8) is 0 Å². The van der Waals surface area contributed by atoms with Gasteiger partial charge in [-0.15, -0.1) is 0 Å². The number of aliphatic imine (C=N–C) groups is 1. The molecular formula is C50H88N4O5S2. The Morgan fingerprint density at radius 2 is 1.23 bits per heavy atom. The number of fused-ring (bicyclic) bond motifs is 2. The van der Waals surface area contributed by atoms with Crippen molar-refractivity contribution in [3.8, 4) is 0 Å². The summed E-state index contributed by atoms with van der Waals surface area (Å²) in [4.78, 5) is 3.54. The van der Waals surface area contributed by atoms with Gasteiger partial charge < -0.3 is 41.5 Å². The molecule has 9 nitrogen and oxygen atoms in total. The number of thiocarbonyl (C=S) groups is 2. The normalized spacial score (nSPS) is 41.6. The van der Waals surface area contributed by atoms with Crippen LogP contribution in [0.5, 0.6) is 0 Å². The number of hydrogen-bond donors (Lipinski definition) is 7. The molecule has 1 heterocycles. The van der Waals surface area contributed by atoms with Crippen LogP contribution in [-0.4, -0.2) is 95.5 Å². The SMILES string of the molecule is C1CCOC1.C=C1CC[C@H]2[C@H](CN)[C@@H]([C@@]3(C)CC[C@H](O)C[C@@H]3CO)CC[C@]12C.C=C1CC[C@H]2[C@H](CNC(=S)NCC)[C@@H]([C@@]3(C)CC[C@H](O)C[C@@H]3CO)CC[C@]12C.CCN=C=S. The lowest BCUT2D eigenvalue weighted by Crippen LogP contribution is -2.54. The van der Waals surface area contributed by atoms with Crippen LogP contribution in [0.15, 0.2) is 29.3 Å². The highest BCUT2D eigenvalue weighted by molar-refractivity contribution is 7.80. The fourth-order valence-corrected chi connectivity index (χ4v) is 14.3. The molecule has 0 amide bonds. The first-order valence-electron chi connectivity index (χ1n) is 24.3. The molecule has 7 aliphatic rings. The number of nitrogens with zero attached hydrogens (tertiary/aromatic N) is 1. The Labute approximate surface area is 382 Å². The number of ether oxygens (including phenoxy) is 1. The molecule has 61 heavy (non-hydrogen) atoms. The summed E-state index contributed by atoms with van der Waals surface area (Å²) in [5.74, 6) is 3.82. The van der Waals surface area contributed by atoms with Crippen molar-refractivity contribution < 1.29 is 25.2 Å². The molecule has 6 aliphatic carbocycles. The average molecular weight is 889 g/mol. The minimum Gasteiger partial charge on any atom is -0.396 e. The summed E-state index contributed by atoms with van der Waals surface area (Å²) in [5.41, 5.74) is 9.86. The van der Waals surface area contributed by atoms with Gasteiger partial charge in [0.25, 0.3) is 0 Å². The number of isothiocyanates is 1. The van der Waals surface area contributed by atoms with E-state index in [9.17, 15) is 20.4 Å². The molecule has 14 atom stereocenters. The molecule has 0 aromatic carbocycles. The van der Waals surface area contributed by atoms with E-state index in [1.807, 2.05) is 6.92 Å². The Kier molecular flexibility index (Phi) is 20.4. The zero-order valence-electron chi connectivity index (χ0n) is 39.2. The quantitative estimate of drug-likeness (QED) is 0.0681. The Morgan fingerprint density at radius 1 is 0.754 bits per heavy atom. The second-order valence-electron chi connectivity index (χ2n) is 20.9. The maximum atomic E-state index is 10.2. The van der Waals surface area contributed by atoms with Gasteiger partial charge in [0, 0.05) is 46.1 Å². The van der Waals surface area contributed by atoms with E-state index in [2.05, 4.69) is 80.8 Å². The summed E-state index contributed by atoms with van der Waals surface area (Å²) in [7, 11) is 0. The molecule has 0 radical (unpaired) electrons. The molecule has 0 unspecified atom stereocenters. The Morgan fingerprint density at radius 3 is 1.61 bits per heavy atom. The van der Waals surface area contributed by atoms with Gasteiger partial charge in [0.15, 0.2) is 5.11 Å². The molecular weight excluding hydrogens is 801 g/mol. The summed E-state index contributed by atoms with van der Waals surface area (Å²) < 4.78 is 4.94. The van der Waals surface area contributed by atoms with Crippen molar-refractivity contribution in [2.75, 3.05) is 52.6 Å². The highest BCUT2D eigenvalue weighted by Crippen LogP contribution is 2.65. The van der Waals surface area contributed by atoms with Crippen molar-refractivity contribution in [3.05, 3.63) is 24.3 Å². The highest BCUT2D eigenvalue weighted by Gasteiger charge is 2.58. The van der Waals surface area contributed by atoms with Crippen LogP contribution in [0.25, 0.3) is 0 Å². The second-order valence-corrected chi connectivity index (χ2v) is 21.5. The summed E-state index contributed by atoms with van der Waals surface area (Å²) in [6.45, 7) is 27.9. The summed E-state index contributed by atoms with van der Waals surface area (Å²) in [6, 6.07) is 0. The lowest BCUT2D eigenvalue weighted by molar-refractivity contribution is -0.0925. The van der Waals surface area contributed by atoms with Gasteiger partial charge in [0.2, 0.25) is 0 Å². The van der Waals surface area contributed by atoms with Crippen LogP contribution in [-0.2, 0) is 4.74 Å². The van der Waals surface area contributed by atoms with E-state index in [-0.39, 0.29) is 58.9 Å². The first-order chi connectivity index (χ1) is 29.0. The number of aliphatic hydroxyl groups is 4. The van der Waals surface area contributed by atoms with E-state index >= 15 is 0 Å². The summed E-state index contributed by atoms with van der Waals surface area (Å²) in [6.07, 6.45) is 16.8. The van der Waals surface area contributed by atoms with Crippen molar-refractivity contribution in [1.82, 2.24) is 10.6 Å². The lowest BCUT2D eigenvalue weighted by Gasteiger charge is -2.56. The molecule has 8 N–H and O–H groups in total. The summed E-state index contributed by atoms with van der Waals surface area (Å²) in [5, 5.41) is 50.1. The number of nitrogens with one attached hydrogen (secondary N) is 2. The van der Waals surface area contributed by atoms with Crippen LogP contribution >= 0.6 is 24.4 Å². The molecule has 0 spiro atoms. The summed E-state index contributed by atoms with van der Waals surface area (Å²) >= 11 is 9.70. The van der Waals surface area contributed by atoms with Gasteiger partial charge in [-0.3, -0.25) is 0 Å². The van der Waals surface area contributed by atoms with Gasteiger partial charge in [-0.05, 0) is 217 Å². The fourth-order valence-electron chi connectivity index (χ4n) is 14.0. The molecule has 0 bridgehead atoms. The highest BCUT2D eigenvalue weighted by atomic mass is 32.1. The molecule has 1 aliphatic heterocycles. The molecule has 350 valence electrons. The fraction of sp³-hybridized carbons (Fsp3) is 0.880. The predicted octanol–water partition coefficient (Wildman–Crippen LogP) is 8.64. The zero-order valence-corrected chi connectivity index (χ0v) is 40.8. The van der Waals surface area contributed by atoms with Crippen LogP contribution in [0.2, 0.25) is 0 Å². The largest absolute Gasteiger partial charge is 0.396 e. The molecule has 0 aromatic rings. The van der Waals surface area contributed by atoms with Gasteiger partial charge in [-0.25, -0.2) is 4.99 Å². The molecule has 6 saturated carbocycles.